The van der Waals surface area contributed by atoms with Gasteiger partial charge in [-0.15, -0.1) is 0 Å². The number of fused-ring (bicyclic) bond motifs is 1. The maximum absolute atomic E-state index is 10.9. The molecule has 0 fully saturated rings. The summed E-state index contributed by atoms with van der Waals surface area (Å²) in [5.41, 5.74) is 7.25. The minimum atomic E-state index is -0.337. The van der Waals surface area contributed by atoms with E-state index in [2.05, 4.69) is 21.6 Å². The highest BCUT2D eigenvalue weighted by molar-refractivity contribution is 7.22. The molecular weight excluding hydrogens is 236 g/mol. The third-order valence-electron chi connectivity index (χ3n) is 2.10. The van der Waals surface area contributed by atoms with Gasteiger partial charge in [0, 0.05) is 5.56 Å². The number of anilines is 1. The molecule has 5 heteroatoms. The molecule has 1 aromatic carbocycles. The minimum Gasteiger partial charge on any atom is -0.468 e. The Morgan fingerprint density at radius 2 is 2.41 bits per heavy atom. The normalized spacial score (nSPS) is 9.71. The molecule has 0 unspecified atom stereocenters. The summed E-state index contributed by atoms with van der Waals surface area (Å²) in [6.07, 6.45) is 0.0910. The zero-order valence-corrected chi connectivity index (χ0v) is 10.0. The lowest BCUT2D eigenvalue weighted by molar-refractivity contribution is -0.139. The number of benzene rings is 1. The molecule has 0 saturated heterocycles. The predicted octanol–water partition coefficient (Wildman–Crippen LogP) is 1.79. The monoisotopic (exact) mass is 246 g/mol. The first kappa shape index (κ1) is 11.4. The zero-order chi connectivity index (χ0) is 12.3. The van der Waals surface area contributed by atoms with Crippen molar-refractivity contribution in [3.05, 3.63) is 23.8 Å². The molecular formula is C12H10N2O2S. The Kier molecular flexibility index (Phi) is 3.26. The van der Waals surface area contributed by atoms with E-state index in [1.807, 2.05) is 18.2 Å². The SMILES string of the molecule is COC(=O)CC#Cc1ccc2sc(N)nc2c1. The number of hydrogen-bond donors (Lipinski definition) is 1. The molecule has 0 aliphatic heterocycles. The molecule has 0 saturated carbocycles. The zero-order valence-electron chi connectivity index (χ0n) is 9.19. The number of esters is 1. The van der Waals surface area contributed by atoms with Crippen LogP contribution >= 0.6 is 11.3 Å². The summed E-state index contributed by atoms with van der Waals surface area (Å²) in [7, 11) is 1.34. The van der Waals surface area contributed by atoms with Gasteiger partial charge in [-0.1, -0.05) is 23.2 Å². The first-order valence-electron chi connectivity index (χ1n) is 4.91. The fraction of sp³-hybridized carbons (Fsp3) is 0.167. The number of nitrogens with zero attached hydrogens (tertiary/aromatic N) is 1. The van der Waals surface area contributed by atoms with Gasteiger partial charge in [-0.25, -0.2) is 4.98 Å². The summed E-state index contributed by atoms with van der Waals surface area (Å²) < 4.78 is 5.52. The van der Waals surface area contributed by atoms with E-state index in [0.29, 0.717) is 5.13 Å². The van der Waals surface area contributed by atoms with Crippen LogP contribution in [0.25, 0.3) is 10.2 Å². The molecule has 2 N–H and O–H groups in total. The second-order valence-electron chi connectivity index (χ2n) is 3.29. The van der Waals surface area contributed by atoms with Crippen molar-refractivity contribution in [1.29, 1.82) is 0 Å². The molecule has 0 atom stereocenters. The average molecular weight is 246 g/mol. The quantitative estimate of drug-likeness (QED) is 0.615. The van der Waals surface area contributed by atoms with Gasteiger partial charge < -0.3 is 10.5 Å². The second kappa shape index (κ2) is 4.85. The van der Waals surface area contributed by atoms with Gasteiger partial charge in [0.1, 0.15) is 6.42 Å². The molecule has 2 rings (SSSR count). The smallest absolute Gasteiger partial charge is 0.317 e. The predicted molar refractivity (Wildman–Crippen MR) is 67.5 cm³/mol. The second-order valence-corrected chi connectivity index (χ2v) is 4.35. The fourth-order valence-electron chi connectivity index (χ4n) is 1.31. The Balaban J connectivity index is 2.21. The third kappa shape index (κ3) is 2.74. The maximum atomic E-state index is 10.9. The lowest BCUT2D eigenvalue weighted by atomic mass is 10.2. The average Bonchev–Trinajstić information content (AvgIpc) is 2.68. The Labute approximate surface area is 102 Å². The van der Waals surface area contributed by atoms with Crippen LogP contribution in [0.15, 0.2) is 18.2 Å². The van der Waals surface area contributed by atoms with E-state index in [0.717, 1.165) is 15.8 Å². The summed E-state index contributed by atoms with van der Waals surface area (Å²) >= 11 is 1.44. The molecule has 0 radical (unpaired) electrons. The van der Waals surface area contributed by atoms with Crippen LogP contribution in [0.1, 0.15) is 12.0 Å². The molecule has 0 spiro atoms. The number of nitrogens with two attached hydrogens (primary N) is 1. The molecule has 4 nitrogen and oxygen atoms in total. The molecule has 1 heterocycles. The molecule has 2 aromatic rings. The molecule has 1 aromatic heterocycles. The van der Waals surface area contributed by atoms with E-state index < -0.39 is 0 Å². The molecule has 0 aliphatic carbocycles. The Bertz CT molecular complexity index is 622. The highest BCUT2D eigenvalue weighted by Gasteiger charge is 2.00. The number of rotatable bonds is 1. The van der Waals surface area contributed by atoms with Gasteiger partial charge in [-0.05, 0) is 18.2 Å². The lowest BCUT2D eigenvalue weighted by Crippen LogP contribution is -1.96. The van der Waals surface area contributed by atoms with Crippen molar-refractivity contribution >= 4 is 32.7 Å². The number of ether oxygens (including phenoxy) is 1. The van der Waals surface area contributed by atoms with Crippen molar-refractivity contribution in [2.75, 3.05) is 12.8 Å². The summed E-state index contributed by atoms with van der Waals surface area (Å²) in [6, 6.07) is 5.65. The summed E-state index contributed by atoms with van der Waals surface area (Å²) in [5.74, 6) is 5.29. The van der Waals surface area contributed by atoms with E-state index >= 15 is 0 Å². The van der Waals surface area contributed by atoms with Gasteiger partial charge in [0.05, 0.1) is 17.3 Å². The highest BCUT2D eigenvalue weighted by atomic mass is 32.1. The summed E-state index contributed by atoms with van der Waals surface area (Å²) in [5, 5.41) is 0.541. The maximum Gasteiger partial charge on any atom is 0.317 e. The minimum absolute atomic E-state index is 0.0910. The number of carbonyl (C=O) groups excluding carboxylic acids is 1. The van der Waals surface area contributed by atoms with Crippen LogP contribution in [0.3, 0.4) is 0 Å². The molecule has 0 aliphatic rings. The van der Waals surface area contributed by atoms with Crippen molar-refractivity contribution in [3.8, 4) is 11.8 Å². The Morgan fingerprint density at radius 1 is 1.59 bits per heavy atom. The molecule has 86 valence electrons. The third-order valence-corrected chi connectivity index (χ3v) is 2.96. The molecule has 17 heavy (non-hydrogen) atoms. The summed E-state index contributed by atoms with van der Waals surface area (Å²) in [6.45, 7) is 0. The van der Waals surface area contributed by atoms with Gasteiger partial charge in [0.2, 0.25) is 0 Å². The van der Waals surface area contributed by atoms with Crippen LogP contribution < -0.4 is 5.73 Å². The number of carbonyl (C=O) groups is 1. The van der Waals surface area contributed by atoms with Gasteiger partial charge >= 0.3 is 5.97 Å². The van der Waals surface area contributed by atoms with Crippen molar-refractivity contribution in [1.82, 2.24) is 4.98 Å². The first-order valence-corrected chi connectivity index (χ1v) is 5.72. The van der Waals surface area contributed by atoms with Gasteiger partial charge in [-0.3, -0.25) is 4.79 Å². The van der Waals surface area contributed by atoms with Gasteiger partial charge in [-0.2, -0.15) is 0 Å². The van der Waals surface area contributed by atoms with Gasteiger partial charge in [0.15, 0.2) is 5.13 Å². The van der Waals surface area contributed by atoms with Crippen molar-refractivity contribution in [2.45, 2.75) is 6.42 Å². The largest absolute Gasteiger partial charge is 0.468 e. The van der Waals surface area contributed by atoms with Crippen LogP contribution in [0.4, 0.5) is 5.13 Å². The van der Waals surface area contributed by atoms with Gasteiger partial charge in [0.25, 0.3) is 0 Å². The van der Waals surface area contributed by atoms with Crippen molar-refractivity contribution in [3.63, 3.8) is 0 Å². The Hall–Kier alpha value is -2.06. The topological polar surface area (TPSA) is 65.2 Å². The van der Waals surface area contributed by atoms with Crippen molar-refractivity contribution in [2.24, 2.45) is 0 Å². The highest BCUT2D eigenvalue weighted by Crippen LogP contribution is 2.23. The molecule has 0 amide bonds. The lowest BCUT2D eigenvalue weighted by Gasteiger charge is -1.91. The number of methoxy groups -OCH3 is 1. The number of aromatic nitrogens is 1. The van der Waals surface area contributed by atoms with E-state index in [9.17, 15) is 4.79 Å². The van der Waals surface area contributed by atoms with Crippen LogP contribution in [0.2, 0.25) is 0 Å². The fourth-order valence-corrected chi connectivity index (χ4v) is 2.03. The first-order chi connectivity index (χ1) is 8.19. The number of thiazole rings is 1. The Morgan fingerprint density at radius 3 is 3.18 bits per heavy atom. The number of nitrogen functional groups attached to an aromatic ring is 1. The van der Waals surface area contributed by atoms with Crippen LogP contribution in [0, 0.1) is 11.8 Å². The van der Waals surface area contributed by atoms with Crippen molar-refractivity contribution < 1.29 is 9.53 Å². The number of hydrogen-bond acceptors (Lipinski definition) is 5. The van der Waals surface area contributed by atoms with E-state index in [1.165, 1.54) is 18.4 Å². The van der Waals surface area contributed by atoms with E-state index in [1.54, 1.807) is 0 Å². The van der Waals surface area contributed by atoms with E-state index in [-0.39, 0.29) is 12.4 Å². The standard InChI is InChI=1S/C12H10N2O2S/c1-16-11(15)4-2-3-8-5-6-10-9(7-8)14-12(13)17-10/h5-7H,4H2,1H3,(H2,13,14). The van der Waals surface area contributed by atoms with Crippen LogP contribution in [-0.2, 0) is 9.53 Å². The van der Waals surface area contributed by atoms with E-state index in [4.69, 9.17) is 5.73 Å². The van der Waals surface area contributed by atoms with Crippen LogP contribution in [-0.4, -0.2) is 18.1 Å². The molecule has 0 bridgehead atoms. The van der Waals surface area contributed by atoms with Crippen LogP contribution in [0.5, 0.6) is 0 Å². The summed E-state index contributed by atoms with van der Waals surface area (Å²) in [4.78, 5) is 15.0.